The molecule has 1 unspecified atom stereocenters. The monoisotopic (exact) mass is 467 g/mol. The van der Waals surface area contributed by atoms with Crippen LogP contribution in [0.1, 0.15) is 36.3 Å². The van der Waals surface area contributed by atoms with Crippen LogP contribution in [0.3, 0.4) is 0 Å². The number of benzene rings is 2. The molecule has 1 aromatic heterocycles. The number of carboxylic acid groups (broad SMARTS) is 1. The molecule has 2 N–H and O–H groups in total. The van der Waals surface area contributed by atoms with Crippen LogP contribution in [0, 0.1) is 6.92 Å². The van der Waals surface area contributed by atoms with E-state index in [2.05, 4.69) is 18.3 Å². The minimum atomic E-state index is -0.957. The molecule has 0 bridgehead atoms. The molecule has 2 aromatic carbocycles. The smallest absolute Gasteiger partial charge is 0.333 e. The first-order valence-electron chi connectivity index (χ1n) is 10.9. The Balaban J connectivity index is 1.60. The van der Waals surface area contributed by atoms with E-state index in [1.807, 2.05) is 55.5 Å². The molecule has 0 saturated carbocycles. The van der Waals surface area contributed by atoms with Gasteiger partial charge in [-0.1, -0.05) is 31.2 Å². The topological polar surface area (TPSA) is 84.9 Å². The van der Waals surface area contributed by atoms with Crippen molar-refractivity contribution in [3.8, 4) is 16.2 Å². The predicted octanol–water partition coefficient (Wildman–Crippen LogP) is 5.68. The number of carboxylic acids is 1. The third-order valence-electron chi connectivity index (χ3n) is 5.15. The number of nitrogens with one attached hydrogen (secondary N) is 1. The minimum Gasteiger partial charge on any atom is -0.488 e. The lowest BCUT2D eigenvalue weighted by Crippen LogP contribution is -2.26. The van der Waals surface area contributed by atoms with E-state index >= 15 is 0 Å². The lowest BCUT2D eigenvalue weighted by atomic mass is 10.1. The Morgan fingerprint density at radius 3 is 2.36 bits per heavy atom. The summed E-state index contributed by atoms with van der Waals surface area (Å²) < 4.78 is 11.2. The fraction of sp³-hybridized carbons (Fsp3) is 0.308. The van der Waals surface area contributed by atoms with Crippen molar-refractivity contribution >= 4 is 28.9 Å². The van der Waals surface area contributed by atoms with E-state index in [1.54, 1.807) is 18.3 Å². The number of amides is 1. The first kappa shape index (κ1) is 24.5. The van der Waals surface area contributed by atoms with Gasteiger partial charge in [0.25, 0.3) is 0 Å². The summed E-state index contributed by atoms with van der Waals surface area (Å²) in [6, 6.07) is 17.4. The second-order valence-electron chi connectivity index (χ2n) is 7.61. The van der Waals surface area contributed by atoms with Gasteiger partial charge < -0.3 is 19.9 Å². The SMILES string of the molecule is CCOC(Cc1ccc(OCc2sc(-c3ccc(NC(=O)CC)cc3)cc2C)cc1)C(=O)O. The zero-order valence-corrected chi connectivity index (χ0v) is 19.9. The Morgan fingerprint density at radius 2 is 1.76 bits per heavy atom. The van der Waals surface area contributed by atoms with Gasteiger partial charge in [-0.15, -0.1) is 11.3 Å². The van der Waals surface area contributed by atoms with E-state index in [0.29, 0.717) is 26.1 Å². The van der Waals surface area contributed by atoms with Crippen molar-refractivity contribution in [2.45, 2.75) is 46.3 Å². The Bertz CT molecular complexity index is 1070. The van der Waals surface area contributed by atoms with Crippen molar-refractivity contribution in [1.82, 2.24) is 0 Å². The number of rotatable bonds is 11. The minimum absolute atomic E-state index is 0.00168. The highest BCUT2D eigenvalue weighted by Crippen LogP contribution is 2.32. The number of aryl methyl sites for hydroxylation is 1. The van der Waals surface area contributed by atoms with Crippen molar-refractivity contribution in [3.05, 3.63) is 70.6 Å². The molecular formula is C26H29NO5S. The summed E-state index contributed by atoms with van der Waals surface area (Å²) in [7, 11) is 0. The van der Waals surface area contributed by atoms with Crippen LogP contribution in [0.5, 0.6) is 5.75 Å². The largest absolute Gasteiger partial charge is 0.488 e. The van der Waals surface area contributed by atoms with Gasteiger partial charge in [-0.05, 0) is 60.9 Å². The van der Waals surface area contributed by atoms with Gasteiger partial charge in [0.2, 0.25) is 5.91 Å². The normalized spacial score (nSPS) is 11.7. The zero-order valence-electron chi connectivity index (χ0n) is 19.1. The summed E-state index contributed by atoms with van der Waals surface area (Å²) in [6.45, 7) is 6.49. The second-order valence-corrected chi connectivity index (χ2v) is 8.75. The molecule has 0 aliphatic rings. The molecule has 3 aromatic rings. The van der Waals surface area contributed by atoms with Crippen LogP contribution >= 0.6 is 11.3 Å². The molecule has 0 aliphatic heterocycles. The summed E-state index contributed by atoms with van der Waals surface area (Å²) in [5.74, 6) is -0.230. The van der Waals surface area contributed by atoms with E-state index in [-0.39, 0.29) is 5.91 Å². The molecule has 0 fully saturated rings. The maximum Gasteiger partial charge on any atom is 0.333 e. The van der Waals surface area contributed by atoms with E-state index in [4.69, 9.17) is 9.47 Å². The van der Waals surface area contributed by atoms with Gasteiger partial charge in [-0.2, -0.15) is 0 Å². The molecule has 1 atom stereocenters. The van der Waals surface area contributed by atoms with Crippen LogP contribution in [-0.4, -0.2) is 29.7 Å². The number of aliphatic carboxylic acids is 1. The number of carbonyl (C=O) groups excluding carboxylic acids is 1. The first-order valence-corrected chi connectivity index (χ1v) is 11.8. The number of thiophene rings is 1. The fourth-order valence-corrected chi connectivity index (χ4v) is 4.37. The quantitative estimate of drug-likeness (QED) is 0.379. The summed E-state index contributed by atoms with van der Waals surface area (Å²) in [5.41, 5.74) is 3.93. The van der Waals surface area contributed by atoms with Crippen LogP contribution in [0.25, 0.3) is 10.4 Å². The molecular weight excluding hydrogens is 438 g/mol. The number of anilines is 1. The Labute approximate surface area is 198 Å². The standard InChI is InChI=1S/C26H29NO5S/c1-4-25(28)27-20-10-8-19(9-11-20)23-14-17(3)24(33-23)16-32-21-12-6-18(7-13-21)15-22(26(29)30)31-5-2/h6-14,22H,4-5,15-16H2,1-3H3,(H,27,28)(H,29,30). The van der Waals surface area contributed by atoms with Crippen LogP contribution in [0.4, 0.5) is 5.69 Å². The molecule has 0 radical (unpaired) electrons. The van der Waals surface area contributed by atoms with Gasteiger partial charge in [0.05, 0.1) is 0 Å². The number of hydrogen-bond donors (Lipinski definition) is 2. The molecule has 7 heteroatoms. The van der Waals surface area contributed by atoms with E-state index < -0.39 is 12.1 Å². The molecule has 33 heavy (non-hydrogen) atoms. The highest BCUT2D eigenvalue weighted by atomic mass is 32.1. The maximum atomic E-state index is 11.5. The third kappa shape index (κ3) is 6.91. The van der Waals surface area contributed by atoms with E-state index in [9.17, 15) is 14.7 Å². The molecule has 6 nitrogen and oxygen atoms in total. The van der Waals surface area contributed by atoms with Gasteiger partial charge >= 0.3 is 5.97 Å². The molecule has 0 saturated heterocycles. The summed E-state index contributed by atoms with van der Waals surface area (Å²) in [6.07, 6.45) is -0.0720. The van der Waals surface area contributed by atoms with Crippen LogP contribution in [-0.2, 0) is 27.4 Å². The second kappa shape index (κ2) is 11.6. The molecule has 1 amide bonds. The Hall–Kier alpha value is -3.16. The highest BCUT2D eigenvalue weighted by Gasteiger charge is 2.18. The van der Waals surface area contributed by atoms with Gasteiger partial charge in [0.1, 0.15) is 12.4 Å². The van der Waals surface area contributed by atoms with Crippen LogP contribution < -0.4 is 10.1 Å². The number of hydrogen-bond acceptors (Lipinski definition) is 5. The van der Waals surface area contributed by atoms with Crippen molar-refractivity contribution in [3.63, 3.8) is 0 Å². The highest BCUT2D eigenvalue weighted by molar-refractivity contribution is 7.15. The lowest BCUT2D eigenvalue weighted by molar-refractivity contribution is -0.149. The maximum absolute atomic E-state index is 11.5. The van der Waals surface area contributed by atoms with E-state index in [1.165, 1.54) is 0 Å². The van der Waals surface area contributed by atoms with Gasteiger partial charge in [-0.25, -0.2) is 4.79 Å². The lowest BCUT2D eigenvalue weighted by Gasteiger charge is -2.13. The van der Waals surface area contributed by atoms with Crippen LogP contribution in [0.2, 0.25) is 0 Å². The van der Waals surface area contributed by atoms with Crippen molar-refractivity contribution in [2.24, 2.45) is 0 Å². The predicted molar refractivity (Wildman–Crippen MR) is 131 cm³/mol. The number of carbonyl (C=O) groups is 2. The molecule has 0 spiro atoms. The summed E-state index contributed by atoms with van der Waals surface area (Å²) >= 11 is 1.68. The summed E-state index contributed by atoms with van der Waals surface area (Å²) in [4.78, 5) is 25.1. The fourth-order valence-electron chi connectivity index (χ4n) is 3.28. The van der Waals surface area contributed by atoms with Crippen molar-refractivity contribution in [1.29, 1.82) is 0 Å². The van der Waals surface area contributed by atoms with Gasteiger partial charge in [0.15, 0.2) is 6.10 Å². The van der Waals surface area contributed by atoms with Crippen molar-refractivity contribution in [2.75, 3.05) is 11.9 Å². The number of ether oxygens (including phenoxy) is 2. The van der Waals surface area contributed by atoms with Gasteiger partial charge in [-0.3, -0.25) is 4.79 Å². The molecule has 174 valence electrons. The third-order valence-corrected chi connectivity index (χ3v) is 6.41. The van der Waals surface area contributed by atoms with Crippen molar-refractivity contribution < 1.29 is 24.2 Å². The first-order chi connectivity index (χ1) is 15.9. The Kier molecular flexibility index (Phi) is 8.63. The summed E-state index contributed by atoms with van der Waals surface area (Å²) in [5, 5.41) is 12.1. The van der Waals surface area contributed by atoms with Crippen LogP contribution in [0.15, 0.2) is 54.6 Å². The molecule has 1 heterocycles. The average molecular weight is 468 g/mol. The van der Waals surface area contributed by atoms with Gasteiger partial charge in [0, 0.05) is 34.9 Å². The average Bonchev–Trinajstić information content (AvgIpc) is 3.19. The zero-order chi connectivity index (χ0) is 23.8. The molecule has 0 aliphatic carbocycles. The van der Waals surface area contributed by atoms with E-state index in [0.717, 1.165) is 37.9 Å². The Morgan fingerprint density at radius 1 is 1.06 bits per heavy atom. The molecule has 3 rings (SSSR count).